The maximum atomic E-state index is 11.2. The Morgan fingerprint density at radius 3 is 3.00 bits per heavy atom. The van der Waals surface area contributed by atoms with Gasteiger partial charge in [-0.05, 0) is 18.6 Å². The minimum Gasteiger partial charge on any atom is -0.389 e. The quantitative estimate of drug-likeness (QED) is 0.748. The van der Waals surface area contributed by atoms with Crippen LogP contribution in [0.2, 0.25) is 0 Å². The minimum atomic E-state index is -0.644. The van der Waals surface area contributed by atoms with Crippen molar-refractivity contribution in [3.63, 3.8) is 0 Å². The molecule has 0 saturated carbocycles. The Morgan fingerprint density at radius 1 is 1.67 bits per heavy atom. The molecule has 1 amide bonds. The molecule has 2 aromatic heterocycles. The van der Waals surface area contributed by atoms with E-state index in [0.29, 0.717) is 16.8 Å². The number of aliphatic hydroxyl groups excluding tert-OH is 1. The molecule has 1 unspecified atom stereocenters. The number of rotatable bonds is 2. The number of fused-ring (bicyclic) bond motifs is 1. The Labute approximate surface area is 86.2 Å². The molecule has 78 valence electrons. The van der Waals surface area contributed by atoms with E-state index in [1.54, 1.807) is 36.0 Å². The van der Waals surface area contributed by atoms with Gasteiger partial charge in [-0.2, -0.15) is 0 Å². The van der Waals surface area contributed by atoms with E-state index in [9.17, 15) is 9.90 Å². The fourth-order valence-electron chi connectivity index (χ4n) is 1.46. The molecule has 0 aliphatic heterocycles. The summed E-state index contributed by atoms with van der Waals surface area (Å²) in [5.41, 5.74) is 6.69. The van der Waals surface area contributed by atoms with Crippen molar-refractivity contribution in [2.75, 3.05) is 0 Å². The summed E-state index contributed by atoms with van der Waals surface area (Å²) in [6, 6.07) is 1.56. The Kier molecular flexibility index (Phi) is 2.17. The molecule has 3 N–H and O–H groups in total. The molecule has 2 rings (SSSR count). The van der Waals surface area contributed by atoms with Gasteiger partial charge in [-0.25, -0.2) is 4.98 Å². The zero-order valence-corrected chi connectivity index (χ0v) is 8.21. The van der Waals surface area contributed by atoms with Crippen LogP contribution in [0.1, 0.15) is 28.9 Å². The summed E-state index contributed by atoms with van der Waals surface area (Å²) in [6.07, 6.45) is 4.36. The Hall–Kier alpha value is -1.88. The highest BCUT2D eigenvalue weighted by atomic mass is 16.3. The number of nitrogens with two attached hydrogens (primary N) is 1. The van der Waals surface area contributed by atoms with Crippen LogP contribution in [-0.2, 0) is 0 Å². The number of hydrogen-bond acceptors (Lipinski definition) is 3. The molecule has 2 aromatic rings. The van der Waals surface area contributed by atoms with Gasteiger partial charge in [0.2, 0.25) is 0 Å². The van der Waals surface area contributed by atoms with Crippen LogP contribution in [0.5, 0.6) is 0 Å². The number of carbonyl (C=O) groups excluding carboxylic acids is 1. The topological polar surface area (TPSA) is 80.6 Å². The van der Waals surface area contributed by atoms with Gasteiger partial charge in [0.05, 0.1) is 11.7 Å². The lowest BCUT2D eigenvalue weighted by Gasteiger charge is -2.07. The summed E-state index contributed by atoms with van der Waals surface area (Å²) in [7, 11) is 0. The molecule has 0 radical (unpaired) electrons. The van der Waals surface area contributed by atoms with Gasteiger partial charge in [-0.3, -0.25) is 4.79 Å². The lowest BCUT2D eigenvalue weighted by molar-refractivity contribution is 0.100. The van der Waals surface area contributed by atoms with Crippen LogP contribution in [0.25, 0.3) is 5.65 Å². The Bertz CT molecular complexity index is 516. The molecule has 0 aliphatic rings. The van der Waals surface area contributed by atoms with E-state index in [1.165, 1.54) is 0 Å². The number of primary amides is 1. The normalized spacial score (nSPS) is 12.9. The average Bonchev–Trinajstić information content (AvgIpc) is 2.62. The first kappa shape index (κ1) is 9.67. The van der Waals surface area contributed by atoms with Gasteiger partial charge >= 0.3 is 0 Å². The van der Waals surface area contributed by atoms with Gasteiger partial charge in [0, 0.05) is 18.6 Å². The van der Waals surface area contributed by atoms with Gasteiger partial charge in [0.15, 0.2) is 0 Å². The number of hydrogen-bond donors (Lipinski definition) is 2. The molecule has 0 aliphatic carbocycles. The van der Waals surface area contributed by atoms with Gasteiger partial charge < -0.3 is 15.2 Å². The van der Waals surface area contributed by atoms with Crippen molar-refractivity contribution in [3.05, 3.63) is 35.8 Å². The minimum absolute atomic E-state index is 0.318. The van der Waals surface area contributed by atoms with Crippen LogP contribution in [0.4, 0.5) is 0 Å². The van der Waals surface area contributed by atoms with Crippen LogP contribution in [0.3, 0.4) is 0 Å². The van der Waals surface area contributed by atoms with E-state index in [1.807, 2.05) is 0 Å². The van der Waals surface area contributed by atoms with Crippen LogP contribution in [-0.4, -0.2) is 20.4 Å². The highest BCUT2D eigenvalue weighted by molar-refractivity contribution is 5.98. The summed E-state index contributed by atoms with van der Waals surface area (Å²) >= 11 is 0. The fraction of sp³-hybridized carbons (Fsp3) is 0.200. The van der Waals surface area contributed by atoms with E-state index < -0.39 is 12.0 Å². The average molecular weight is 205 g/mol. The van der Waals surface area contributed by atoms with E-state index >= 15 is 0 Å². The van der Waals surface area contributed by atoms with E-state index in [0.717, 1.165) is 0 Å². The predicted octanol–water partition coefficient (Wildman–Crippen LogP) is 0.486. The van der Waals surface area contributed by atoms with Gasteiger partial charge in [0.25, 0.3) is 5.91 Å². The summed E-state index contributed by atoms with van der Waals surface area (Å²) < 4.78 is 1.67. The molecule has 1 atom stereocenters. The standard InChI is InChI=1S/C10H11N3O2/c1-6(14)7-4-8(9(11)15)10-12-2-3-13(10)5-7/h2-6,14H,1H3,(H2,11,15). The predicted molar refractivity (Wildman–Crippen MR) is 54.3 cm³/mol. The van der Waals surface area contributed by atoms with Crippen molar-refractivity contribution in [3.8, 4) is 0 Å². The lowest BCUT2D eigenvalue weighted by Crippen LogP contribution is -2.14. The first-order valence-corrected chi connectivity index (χ1v) is 4.54. The van der Waals surface area contributed by atoms with Crippen molar-refractivity contribution in [1.82, 2.24) is 9.38 Å². The second-order valence-electron chi connectivity index (χ2n) is 3.39. The van der Waals surface area contributed by atoms with Crippen molar-refractivity contribution in [2.24, 2.45) is 5.73 Å². The number of nitrogens with zero attached hydrogens (tertiary/aromatic N) is 2. The zero-order chi connectivity index (χ0) is 11.0. The maximum absolute atomic E-state index is 11.2. The van der Waals surface area contributed by atoms with E-state index in [4.69, 9.17) is 5.73 Å². The summed E-state index contributed by atoms with van der Waals surface area (Å²) in [6.45, 7) is 1.63. The first-order valence-electron chi connectivity index (χ1n) is 4.54. The van der Waals surface area contributed by atoms with Crippen molar-refractivity contribution in [1.29, 1.82) is 0 Å². The monoisotopic (exact) mass is 205 g/mol. The molecule has 0 bridgehead atoms. The number of aliphatic hydroxyl groups is 1. The lowest BCUT2D eigenvalue weighted by atomic mass is 10.1. The molecule has 2 heterocycles. The van der Waals surface area contributed by atoms with Gasteiger partial charge in [-0.1, -0.05) is 0 Å². The summed E-state index contributed by atoms with van der Waals surface area (Å²) in [5, 5.41) is 9.44. The highest BCUT2D eigenvalue weighted by Crippen LogP contribution is 2.17. The molecule has 0 saturated heterocycles. The third-order valence-electron chi connectivity index (χ3n) is 2.26. The SMILES string of the molecule is CC(O)c1cc(C(N)=O)c2nccn2c1. The van der Waals surface area contributed by atoms with Crippen LogP contribution in [0, 0.1) is 0 Å². The van der Waals surface area contributed by atoms with Crippen molar-refractivity contribution in [2.45, 2.75) is 13.0 Å². The smallest absolute Gasteiger partial charge is 0.252 e. The molecule has 15 heavy (non-hydrogen) atoms. The third kappa shape index (κ3) is 1.57. The number of aromatic nitrogens is 2. The third-order valence-corrected chi connectivity index (χ3v) is 2.26. The molecular formula is C10H11N3O2. The molecule has 0 aromatic carbocycles. The van der Waals surface area contributed by atoms with Crippen LogP contribution >= 0.6 is 0 Å². The second kappa shape index (κ2) is 3.36. The molecule has 0 fully saturated rings. The number of amides is 1. The van der Waals surface area contributed by atoms with Gasteiger partial charge in [-0.15, -0.1) is 0 Å². The molecule has 0 spiro atoms. The highest BCUT2D eigenvalue weighted by Gasteiger charge is 2.12. The van der Waals surface area contributed by atoms with Crippen molar-refractivity contribution < 1.29 is 9.90 Å². The summed E-state index contributed by atoms with van der Waals surface area (Å²) in [5.74, 6) is -0.547. The molecule has 5 heteroatoms. The van der Waals surface area contributed by atoms with Crippen LogP contribution < -0.4 is 5.73 Å². The number of imidazole rings is 1. The first-order chi connectivity index (χ1) is 7.09. The van der Waals surface area contributed by atoms with E-state index in [-0.39, 0.29) is 0 Å². The van der Waals surface area contributed by atoms with E-state index in [2.05, 4.69) is 4.98 Å². The Balaban J connectivity index is 2.74. The number of carbonyl (C=O) groups is 1. The summed E-state index contributed by atoms with van der Waals surface area (Å²) in [4.78, 5) is 15.2. The number of pyridine rings is 1. The molecule has 5 nitrogen and oxygen atoms in total. The largest absolute Gasteiger partial charge is 0.389 e. The van der Waals surface area contributed by atoms with Gasteiger partial charge in [0.1, 0.15) is 5.65 Å². The zero-order valence-electron chi connectivity index (χ0n) is 8.21. The van der Waals surface area contributed by atoms with Crippen LogP contribution in [0.15, 0.2) is 24.7 Å². The molecular weight excluding hydrogens is 194 g/mol. The Morgan fingerprint density at radius 2 is 2.40 bits per heavy atom. The maximum Gasteiger partial charge on any atom is 0.252 e. The second-order valence-corrected chi connectivity index (χ2v) is 3.39. The fourth-order valence-corrected chi connectivity index (χ4v) is 1.46. The van der Waals surface area contributed by atoms with Crippen molar-refractivity contribution >= 4 is 11.6 Å².